The molecule has 0 aromatic heterocycles. The minimum atomic E-state index is -0.352. The number of hydrogen-bond acceptors (Lipinski definition) is 3. The van der Waals surface area contributed by atoms with Crippen LogP contribution in [0.15, 0.2) is 0 Å². The first-order valence-corrected chi connectivity index (χ1v) is 3.07. The Kier molecular flexibility index (Phi) is 1.61. The number of imide groups is 1. The summed E-state index contributed by atoms with van der Waals surface area (Å²) < 4.78 is 0. The van der Waals surface area contributed by atoms with Crippen molar-refractivity contribution in [1.29, 1.82) is 0 Å². The van der Waals surface area contributed by atoms with Gasteiger partial charge >= 0.3 is 6.03 Å². The highest BCUT2D eigenvalue weighted by atomic mass is 32.1. The molecule has 3 amide bonds. The van der Waals surface area contributed by atoms with E-state index in [1.807, 2.05) is 0 Å². The van der Waals surface area contributed by atoms with Crippen LogP contribution in [-0.2, 0) is 4.79 Å². The Morgan fingerprint density at radius 1 is 1.67 bits per heavy atom. The van der Waals surface area contributed by atoms with Gasteiger partial charge in [0.05, 0.1) is 5.88 Å². The van der Waals surface area contributed by atoms with Crippen LogP contribution in [0, 0.1) is 0 Å². The first kappa shape index (κ1) is 6.41. The first-order valence-electron chi connectivity index (χ1n) is 2.43. The smallest absolute Gasteiger partial charge is 0.306 e. The zero-order chi connectivity index (χ0) is 6.85. The van der Waals surface area contributed by atoms with Crippen molar-refractivity contribution in [3.8, 4) is 0 Å². The zero-order valence-electron chi connectivity index (χ0n) is 4.63. The van der Waals surface area contributed by atoms with Gasteiger partial charge in [-0.2, -0.15) is 12.6 Å². The number of rotatable bonds is 1. The van der Waals surface area contributed by atoms with Gasteiger partial charge in [-0.1, -0.05) is 0 Å². The first-order chi connectivity index (χ1) is 4.24. The van der Waals surface area contributed by atoms with E-state index >= 15 is 0 Å². The van der Waals surface area contributed by atoms with Crippen molar-refractivity contribution in [3.05, 3.63) is 0 Å². The Hall–Kier alpha value is -0.710. The summed E-state index contributed by atoms with van der Waals surface area (Å²) in [7, 11) is 0. The summed E-state index contributed by atoms with van der Waals surface area (Å²) in [5.74, 6) is 0.0338. The predicted octanol–water partition coefficient (Wildman–Crippen LogP) is -0.575. The molecule has 0 atom stereocenters. The van der Waals surface area contributed by atoms with Crippen LogP contribution in [0.2, 0.25) is 0 Å². The van der Waals surface area contributed by atoms with Gasteiger partial charge in [0.2, 0.25) is 5.91 Å². The Bertz CT molecular complexity index is 159. The fraction of sp³-hybridized carbons (Fsp3) is 0.500. The number of carbonyl (C=O) groups excluding carboxylic acids is 2. The monoisotopic (exact) mass is 146 g/mol. The molecule has 0 aliphatic carbocycles. The van der Waals surface area contributed by atoms with Crippen molar-refractivity contribution in [2.45, 2.75) is 0 Å². The highest BCUT2D eigenvalue weighted by Gasteiger charge is 2.24. The maximum atomic E-state index is 10.6. The van der Waals surface area contributed by atoms with Crippen LogP contribution in [0.1, 0.15) is 0 Å². The van der Waals surface area contributed by atoms with Crippen molar-refractivity contribution in [3.63, 3.8) is 0 Å². The molecule has 0 aromatic rings. The third-order valence-corrected chi connectivity index (χ3v) is 1.38. The molecule has 1 heterocycles. The van der Waals surface area contributed by atoms with Crippen molar-refractivity contribution in [2.75, 3.05) is 12.4 Å². The van der Waals surface area contributed by atoms with E-state index in [0.29, 0.717) is 0 Å². The summed E-state index contributed by atoms with van der Waals surface area (Å²) in [6.45, 7) is 0.141. The number of amides is 3. The lowest BCUT2D eigenvalue weighted by Gasteiger charge is -2.06. The molecule has 1 aliphatic heterocycles. The molecule has 50 valence electrons. The lowest BCUT2D eigenvalue weighted by molar-refractivity contribution is -0.118. The largest absolute Gasteiger partial charge is 0.325 e. The normalized spacial score (nSPS) is 18.6. The lowest BCUT2D eigenvalue weighted by Crippen LogP contribution is -2.26. The highest BCUT2D eigenvalue weighted by molar-refractivity contribution is 7.80. The number of nitrogens with zero attached hydrogens (tertiary/aromatic N) is 1. The molecule has 0 unspecified atom stereocenters. The third-order valence-electron chi connectivity index (χ3n) is 1.04. The molecule has 0 spiro atoms. The van der Waals surface area contributed by atoms with Crippen molar-refractivity contribution < 1.29 is 9.59 Å². The van der Waals surface area contributed by atoms with Crippen LogP contribution in [0.4, 0.5) is 4.79 Å². The SMILES string of the molecule is O=C1CN(CS)C(=O)N1. The number of hydrogen-bond donors (Lipinski definition) is 2. The van der Waals surface area contributed by atoms with Gasteiger partial charge in [0.1, 0.15) is 6.54 Å². The Morgan fingerprint density at radius 3 is 2.56 bits per heavy atom. The van der Waals surface area contributed by atoms with Gasteiger partial charge in [0.15, 0.2) is 0 Å². The molecule has 0 saturated carbocycles. The molecule has 4 nitrogen and oxygen atoms in total. The van der Waals surface area contributed by atoms with Crippen molar-refractivity contribution in [1.82, 2.24) is 10.2 Å². The van der Waals surface area contributed by atoms with Gasteiger partial charge in [-0.3, -0.25) is 10.1 Å². The van der Waals surface area contributed by atoms with Crippen LogP contribution in [-0.4, -0.2) is 29.3 Å². The summed E-state index contributed by atoms with van der Waals surface area (Å²) >= 11 is 3.83. The molecular weight excluding hydrogens is 140 g/mol. The molecule has 9 heavy (non-hydrogen) atoms. The Labute approximate surface area is 57.6 Å². The van der Waals surface area contributed by atoms with Gasteiger partial charge < -0.3 is 4.90 Å². The Balaban J connectivity index is 2.58. The second-order valence-corrected chi connectivity index (χ2v) is 1.98. The molecule has 1 aliphatic rings. The van der Waals surface area contributed by atoms with E-state index in [4.69, 9.17) is 0 Å². The third kappa shape index (κ3) is 1.16. The minimum absolute atomic E-state index is 0.141. The van der Waals surface area contributed by atoms with Crippen molar-refractivity contribution >= 4 is 24.6 Å². The summed E-state index contributed by atoms with van der Waals surface area (Å²) in [5.41, 5.74) is 0. The van der Waals surface area contributed by atoms with Gasteiger partial charge in [0, 0.05) is 0 Å². The topological polar surface area (TPSA) is 49.4 Å². The minimum Gasteiger partial charge on any atom is -0.306 e. The molecule has 1 fully saturated rings. The lowest BCUT2D eigenvalue weighted by atomic mass is 10.6. The maximum absolute atomic E-state index is 10.6. The highest BCUT2D eigenvalue weighted by Crippen LogP contribution is 1.97. The zero-order valence-corrected chi connectivity index (χ0v) is 5.52. The fourth-order valence-corrected chi connectivity index (χ4v) is 0.826. The predicted molar refractivity (Wildman–Crippen MR) is 34.1 cm³/mol. The molecule has 0 aromatic carbocycles. The van der Waals surface area contributed by atoms with Crippen LogP contribution in [0.5, 0.6) is 0 Å². The summed E-state index contributed by atoms with van der Waals surface area (Å²) in [6.07, 6.45) is 0. The maximum Gasteiger partial charge on any atom is 0.325 e. The molecule has 1 N–H and O–H groups in total. The standard InChI is InChI=1S/C4H6N2O2S/c7-3-1-6(2-9)4(8)5-3/h9H,1-2H2,(H,5,7,8). The van der Waals surface area contributed by atoms with E-state index < -0.39 is 0 Å². The van der Waals surface area contributed by atoms with E-state index in [9.17, 15) is 9.59 Å². The molecule has 0 radical (unpaired) electrons. The van der Waals surface area contributed by atoms with E-state index in [0.717, 1.165) is 0 Å². The van der Waals surface area contributed by atoms with Gasteiger partial charge in [-0.05, 0) is 0 Å². The molecule has 0 bridgehead atoms. The molecular formula is C4H6N2O2S. The summed E-state index contributed by atoms with van der Waals surface area (Å²) in [6, 6.07) is -0.352. The number of thiol groups is 1. The van der Waals surface area contributed by atoms with Gasteiger partial charge in [-0.25, -0.2) is 4.79 Å². The molecule has 1 saturated heterocycles. The van der Waals surface area contributed by atoms with Gasteiger partial charge in [-0.15, -0.1) is 0 Å². The summed E-state index contributed by atoms with van der Waals surface area (Å²) in [4.78, 5) is 22.3. The molecule has 5 heteroatoms. The fourth-order valence-electron chi connectivity index (χ4n) is 0.597. The van der Waals surface area contributed by atoms with Crippen LogP contribution in [0.3, 0.4) is 0 Å². The van der Waals surface area contributed by atoms with Crippen LogP contribution in [0.25, 0.3) is 0 Å². The van der Waals surface area contributed by atoms with Crippen LogP contribution >= 0.6 is 12.6 Å². The van der Waals surface area contributed by atoms with E-state index in [2.05, 4.69) is 17.9 Å². The van der Waals surface area contributed by atoms with Gasteiger partial charge in [0.25, 0.3) is 0 Å². The second-order valence-electron chi connectivity index (χ2n) is 1.69. The molecule has 1 rings (SSSR count). The van der Waals surface area contributed by atoms with Crippen LogP contribution < -0.4 is 5.32 Å². The number of urea groups is 1. The quantitative estimate of drug-likeness (QED) is 0.384. The average Bonchev–Trinajstić information content (AvgIpc) is 2.10. The summed E-state index contributed by atoms with van der Waals surface area (Å²) in [5, 5.41) is 2.12. The number of carbonyl (C=O) groups is 2. The Morgan fingerprint density at radius 2 is 2.33 bits per heavy atom. The van der Waals surface area contributed by atoms with Crippen molar-refractivity contribution in [2.24, 2.45) is 0 Å². The van der Waals surface area contributed by atoms with E-state index in [-0.39, 0.29) is 24.4 Å². The average molecular weight is 146 g/mol. The number of nitrogens with one attached hydrogen (secondary N) is 1. The van der Waals surface area contributed by atoms with E-state index in [1.54, 1.807) is 0 Å². The second kappa shape index (κ2) is 2.26. The van der Waals surface area contributed by atoms with E-state index in [1.165, 1.54) is 4.90 Å².